The number of furan rings is 1. The minimum Gasteiger partial charge on any atom is -0.469 e. The molecule has 0 fully saturated rings. The number of carbonyl (C=O) groups is 1. The molecule has 0 unspecified atom stereocenters. The van der Waals surface area contributed by atoms with E-state index >= 15 is 0 Å². The molecule has 0 spiro atoms. The summed E-state index contributed by atoms with van der Waals surface area (Å²) >= 11 is 0. The van der Waals surface area contributed by atoms with E-state index in [0.717, 1.165) is 22.6 Å². The van der Waals surface area contributed by atoms with Gasteiger partial charge < -0.3 is 9.40 Å². The molecule has 16 heavy (non-hydrogen) atoms. The molecule has 84 valence electrons. The smallest absolute Gasteiger partial charge is 0.212 e. The fraction of sp³-hybridized carbons (Fsp3) is 0.308. The van der Waals surface area contributed by atoms with Crippen molar-refractivity contribution in [3.05, 3.63) is 46.2 Å². The third kappa shape index (κ3) is 1.58. The lowest BCUT2D eigenvalue weighted by atomic mass is 10.1. The van der Waals surface area contributed by atoms with Gasteiger partial charge in [-0.1, -0.05) is 0 Å². The van der Waals surface area contributed by atoms with Crippen LogP contribution in [0, 0.1) is 27.7 Å². The minimum atomic E-state index is -0.00875. The number of aryl methyl sites for hydroxylation is 2. The Hall–Kier alpha value is -1.77. The molecule has 0 saturated carbocycles. The molecule has 1 N–H and O–H groups in total. The number of H-pyrrole nitrogens is 1. The van der Waals surface area contributed by atoms with Gasteiger partial charge in [0.1, 0.15) is 12.0 Å². The normalized spacial score (nSPS) is 10.8. The molecule has 0 atom stereocenters. The molecule has 3 nitrogen and oxygen atoms in total. The van der Waals surface area contributed by atoms with E-state index in [4.69, 9.17) is 4.42 Å². The quantitative estimate of drug-likeness (QED) is 0.786. The fourth-order valence-electron chi connectivity index (χ4n) is 1.78. The Balaban J connectivity index is 2.45. The SMILES string of the molecule is Cc1cc(C(=O)c2[nH]c(C)c(C)c2C)co1. The molecule has 0 aliphatic rings. The van der Waals surface area contributed by atoms with Crippen molar-refractivity contribution in [1.82, 2.24) is 4.98 Å². The van der Waals surface area contributed by atoms with Crippen molar-refractivity contribution < 1.29 is 9.21 Å². The van der Waals surface area contributed by atoms with Crippen LogP contribution in [0.5, 0.6) is 0 Å². The van der Waals surface area contributed by atoms with Gasteiger partial charge in [-0.2, -0.15) is 0 Å². The van der Waals surface area contributed by atoms with E-state index in [1.165, 1.54) is 6.26 Å². The average Bonchev–Trinajstić information content (AvgIpc) is 2.78. The third-order valence-corrected chi connectivity index (χ3v) is 3.03. The van der Waals surface area contributed by atoms with E-state index in [9.17, 15) is 4.79 Å². The number of hydrogen-bond acceptors (Lipinski definition) is 2. The maximum absolute atomic E-state index is 12.2. The van der Waals surface area contributed by atoms with Crippen molar-refractivity contribution in [1.29, 1.82) is 0 Å². The predicted molar refractivity (Wildman–Crippen MR) is 61.9 cm³/mol. The first kappa shape index (κ1) is 10.7. The number of hydrogen-bond donors (Lipinski definition) is 1. The van der Waals surface area contributed by atoms with Crippen molar-refractivity contribution in [3.63, 3.8) is 0 Å². The zero-order valence-electron chi connectivity index (χ0n) is 9.97. The van der Waals surface area contributed by atoms with Crippen LogP contribution in [0.3, 0.4) is 0 Å². The molecule has 3 heteroatoms. The van der Waals surface area contributed by atoms with Gasteiger partial charge in [-0.15, -0.1) is 0 Å². The molecule has 0 aliphatic heterocycles. The summed E-state index contributed by atoms with van der Waals surface area (Å²) < 4.78 is 5.15. The summed E-state index contributed by atoms with van der Waals surface area (Å²) in [6.45, 7) is 7.77. The number of rotatable bonds is 2. The highest BCUT2D eigenvalue weighted by Gasteiger charge is 2.17. The molecular formula is C13H15NO2. The molecule has 0 aliphatic carbocycles. The Morgan fingerprint density at radius 3 is 2.31 bits per heavy atom. The Labute approximate surface area is 94.5 Å². The summed E-state index contributed by atoms with van der Waals surface area (Å²) in [4.78, 5) is 15.3. The van der Waals surface area contributed by atoms with E-state index in [0.29, 0.717) is 11.3 Å². The monoisotopic (exact) mass is 217 g/mol. The van der Waals surface area contributed by atoms with E-state index in [-0.39, 0.29) is 5.78 Å². The van der Waals surface area contributed by atoms with Crippen molar-refractivity contribution >= 4 is 5.78 Å². The molecule has 0 bridgehead atoms. The topological polar surface area (TPSA) is 46.0 Å². The molecule has 2 heterocycles. The number of ketones is 1. The zero-order valence-corrected chi connectivity index (χ0v) is 9.97. The number of aromatic nitrogens is 1. The summed E-state index contributed by atoms with van der Waals surface area (Å²) in [5, 5.41) is 0. The lowest BCUT2D eigenvalue weighted by Crippen LogP contribution is -2.02. The Bertz CT molecular complexity index is 546. The van der Waals surface area contributed by atoms with Crippen LogP contribution < -0.4 is 0 Å². The van der Waals surface area contributed by atoms with Crippen molar-refractivity contribution in [2.75, 3.05) is 0 Å². The highest BCUT2D eigenvalue weighted by molar-refractivity contribution is 6.08. The summed E-state index contributed by atoms with van der Waals surface area (Å²) in [6, 6.07) is 1.76. The van der Waals surface area contributed by atoms with Crippen molar-refractivity contribution in [3.8, 4) is 0 Å². The van der Waals surface area contributed by atoms with Gasteiger partial charge in [-0.25, -0.2) is 0 Å². The predicted octanol–water partition coefficient (Wildman–Crippen LogP) is 3.07. The standard InChI is InChI=1S/C13H15NO2/c1-7-5-11(6-16-7)13(15)12-9(3)8(2)10(4)14-12/h5-6,14H,1-4H3. The average molecular weight is 217 g/mol. The zero-order chi connectivity index (χ0) is 11.9. The van der Waals surface area contributed by atoms with E-state index in [2.05, 4.69) is 4.98 Å². The van der Waals surface area contributed by atoms with Crippen LogP contribution in [0.2, 0.25) is 0 Å². The minimum absolute atomic E-state index is 0.00875. The lowest BCUT2D eigenvalue weighted by molar-refractivity contribution is 0.103. The number of nitrogens with one attached hydrogen (secondary N) is 1. The molecule has 0 radical (unpaired) electrons. The van der Waals surface area contributed by atoms with E-state index in [1.807, 2.05) is 27.7 Å². The second kappa shape index (κ2) is 3.67. The van der Waals surface area contributed by atoms with Gasteiger partial charge in [-0.3, -0.25) is 4.79 Å². The van der Waals surface area contributed by atoms with Crippen LogP contribution in [0.25, 0.3) is 0 Å². The second-order valence-electron chi connectivity index (χ2n) is 4.15. The van der Waals surface area contributed by atoms with E-state index in [1.54, 1.807) is 6.07 Å². The first-order valence-electron chi connectivity index (χ1n) is 5.26. The molecule has 0 aromatic carbocycles. The highest BCUT2D eigenvalue weighted by atomic mass is 16.3. The highest BCUT2D eigenvalue weighted by Crippen LogP contribution is 2.20. The maximum atomic E-state index is 12.2. The molecule has 0 amide bonds. The van der Waals surface area contributed by atoms with Gasteiger partial charge >= 0.3 is 0 Å². The summed E-state index contributed by atoms with van der Waals surface area (Å²) in [7, 11) is 0. The van der Waals surface area contributed by atoms with Gasteiger partial charge in [-0.05, 0) is 44.9 Å². The van der Waals surface area contributed by atoms with Gasteiger partial charge in [0, 0.05) is 5.69 Å². The first-order valence-corrected chi connectivity index (χ1v) is 5.26. The van der Waals surface area contributed by atoms with Crippen LogP contribution in [0.15, 0.2) is 16.7 Å². The van der Waals surface area contributed by atoms with Crippen LogP contribution in [-0.2, 0) is 0 Å². The molecule has 2 aromatic heterocycles. The van der Waals surface area contributed by atoms with Crippen LogP contribution in [-0.4, -0.2) is 10.8 Å². The molecule has 2 rings (SSSR count). The van der Waals surface area contributed by atoms with Crippen molar-refractivity contribution in [2.45, 2.75) is 27.7 Å². The van der Waals surface area contributed by atoms with Gasteiger partial charge in [0.05, 0.1) is 11.3 Å². The van der Waals surface area contributed by atoms with Gasteiger partial charge in [0.2, 0.25) is 5.78 Å². The summed E-state index contributed by atoms with van der Waals surface area (Å²) in [6.07, 6.45) is 1.50. The number of carbonyl (C=O) groups excluding carboxylic acids is 1. The first-order chi connectivity index (χ1) is 7.50. The Morgan fingerprint density at radius 1 is 1.19 bits per heavy atom. The summed E-state index contributed by atoms with van der Waals surface area (Å²) in [5.41, 5.74) is 4.46. The van der Waals surface area contributed by atoms with Crippen LogP contribution >= 0.6 is 0 Å². The van der Waals surface area contributed by atoms with Crippen molar-refractivity contribution in [2.24, 2.45) is 0 Å². The fourth-order valence-corrected chi connectivity index (χ4v) is 1.78. The Morgan fingerprint density at radius 2 is 1.88 bits per heavy atom. The largest absolute Gasteiger partial charge is 0.469 e. The second-order valence-corrected chi connectivity index (χ2v) is 4.15. The lowest BCUT2D eigenvalue weighted by Gasteiger charge is -1.96. The van der Waals surface area contributed by atoms with E-state index < -0.39 is 0 Å². The van der Waals surface area contributed by atoms with Gasteiger partial charge in [0.25, 0.3) is 0 Å². The van der Waals surface area contributed by atoms with Crippen LogP contribution in [0.1, 0.15) is 38.6 Å². The maximum Gasteiger partial charge on any atom is 0.212 e. The third-order valence-electron chi connectivity index (χ3n) is 3.03. The number of aromatic amines is 1. The molecule has 0 saturated heterocycles. The van der Waals surface area contributed by atoms with Gasteiger partial charge in [0.15, 0.2) is 0 Å². The molecular weight excluding hydrogens is 202 g/mol. The molecule has 2 aromatic rings. The Kier molecular flexibility index (Phi) is 2.46. The summed E-state index contributed by atoms with van der Waals surface area (Å²) in [5.74, 6) is 0.742. The van der Waals surface area contributed by atoms with Crippen LogP contribution in [0.4, 0.5) is 0 Å².